The normalized spacial score (nSPS) is 11.9. The second-order valence-electron chi connectivity index (χ2n) is 3.64. The summed E-state index contributed by atoms with van der Waals surface area (Å²) in [6, 6.07) is 0. The van der Waals surface area contributed by atoms with Crippen LogP contribution in [0.5, 0.6) is 0 Å². The van der Waals surface area contributed by atoms with Gasteiger partial charge in [0.15, 0.2) is 0 Å². The van der Waals surface area contributed by atoms with E-state index in [9.17, 15) is 9.59 Å². The molecule has 94 valence electrons. The molecule has 0 radical (unpaired) electrons. The zero-order valence-electron chi connectivity index (χ0n) is 10.5. The van der Waals surface area contributed by atoms with Crippen LogP contribution < -0.4 is 0 Å². The van der Waals surface area contributed by atoms with E-state index in [4.69, 9.17) is 4.74 Å². The van der Waals surface area contributed by atoms with Crippen LogP contribution in [-0.2, 0) is 19.1 Å². The third-order valence-electron chi connectivity index (χ3n) is 2.23. The SMILES string of the molecule is CCCCC(CC)OC(=O)CC(=O)OCC. The zero-order chi connectivity index (χ0) is 12.4. The smallest absolute Gasteiger partial charge is 0.317 e. The molecule has 0 aliphatic rings. The lowest BCUT2D eigenvalue weighted by Gasteiger charge is -2.15. The molecule has 4 heteroatoms. The Hall–Kier alpha value is -1.06. The van der Waals surface area contributed by atoms with Gasteiger partial charge in [0.25, 0.3) is 0 Å². The number of unbranched alkanes of at least 4 members (excludes halogenated alkanes) is 1. The van der Waals surface area contributed by atoms with Gasteiger partial charge in [-0.25, -0.2) is 0 Å². The highest BCUT2D eigenvalue weighted by atomic mass is 16.6. The maximum Gasteiger partial charge on any atom is 0.317 e. The molecule has 0 amide bonds. The lowest BCUT2D eigenvalue weighted by molar-refractivity contribution is -0.157. The molecule has 0 bridgehead atoms. The Morgan fingerprint density at radius 3 is 2.31 bits per heavy atom. The molecular weight excluding hydrogens is 208 g/mol. The van der Waals surface area contributed by atoms with Crippen LogP contribution in [0.25, 0.3) is 0 Å². The fourth-order valence-electron chi connectivity index (χ4n) is 1.34. The number of hydrogen-bond donors (Lipinski definition) is 0. The molecule has 1 unspecified atom stereocenters. The van der Waals surface area contributed by atoms with Crippen LogP contribution in [0.15, 0.2) is 0 Å². The Bertz CT molecular complexity index is 213. The maximum absolute atomic E-state index is 11.3. The zero-order valence-corrected chi connectivity index (χ0v) is 10.5. The first-order chi connectivity index (χ1) is 7.63. The summed E-state index contributed by atoms with van der Waals surface area (Å²) in [4.78, 5) is 22.4. The fraction of sp³-hybridized carbons (Fsp3) is 0.833. The van der Waals surface area contributed by atoms with Gasteiger partial charge in [-0.05, 0) is 19.8 Å². The first kappa shape index (κ1) is 14.9. The molecule has 0 aromatic carbocycles. The van der Waals surface area contributed by atoms with E-state index in [0.29, 0.717) is 6.61 Å². The average molecular weight is 230 g/mol. The molecule has 0 N–H and O–H groups in total. The van der Waals surface area contributed by atoms with Gasteiger partial charge in [-0.3, -0.25) is 9.59 Å². The average Bonchev–Trinajstić information content (AvgIpc) is 2.24. The topological polar surface area (TPSA) is 52.6 Å². The number of carbonyl (C=O) groups is 2. The molecular formula is C12H22O4. The number of carbonyl (C=O) groups excluding carboxylic acids is 2. The highest BCUT2D eigenvalue weighted by Gasteiger charge is 2.16. The van der Waals surface area contributed by atoms with E-state index in [1.807, 2.05) is 6.92 Å². The molecule has 0 spiro atoms. The van der Waals surface area contributed by atoms with Gasteiger partial charge in [-0.15, -0.1) is 0 Å². The highest BCUT2D eigenvalue weighted by molar-refractivity contribution is 5.91. The van der Waals surface area contributed by atoms with Crippen LogP contribution in [-0.4, -0.2) is 24.6 Å². The molecule has 4 nitrogen and oxygen atoms in total. The minimum Gasteiger partial charge on any atom is -0.466 e. The first-order valence-electron chi connectivity index (χ1n) is 5.99. The van der Waals surface area contributed by atoms with Crippen LogP contribution in [0, 0.1) is 0 Å². The maximum atomic E-state index is 11.3. The van der Waals surface area contributed by atoms with Crippen molar-refractivity contribution in [2.24, 2.45) is 0 Å². The fourth-order valence-corrected chi connectivity index (χ4v) is 1.34. The Kier molecular flexibility index (Phi) is 8.58. The van der Waals surface area contributed by atoms with Crippen molar-refractivity contribution in [2.75, 3.05) is 6.61 Å². The number of rotatable bonds is 8. The van der Waals surface area contributed by atoms with Crippen molar-refractivity contribution in [1.82, 2.24) is 0 Å². The van der Waals surface area contributed by atoms with Crippen molar-refractivity contribution in [3.05, 3.63) is 0 Å². The summed E-state index contributed by atoms with van der Waals surface area (Å²) in [7, 11) is 0. The lowest BCUT2D eigenvalue weighted by atomic mass is 10.1. The predicted octanol–water partition coefficient (Wildman–Crippen LogP) is 2.45. The van der Waals surface area contributed by atoms with E-state index < -0.39 is 11.9 Å². The molecule has 0 saturated heterocycles. The minimum atomic E-state index is -0.516. The molecule has 0 aromatic rings. The van der Waals surface area contributed by atoms with E-state index in [0.717, 1.165) is 25.7 Å². The molecule has 1 atom stereocenters. The van der Waals surface area contributed by atoms with Gasteiger partial charge >= 0.3 is 11.9 Å². The molecule has 0 saturated carbocycles. The number of ether oxygens (including phenoxy) is 2. The highest BCUT2D eigenvalue weighted by Crippen LogP contribution is 2.09. The van der Waals surface area contributed by atoms with E-state index in [-0.39, 0.29) is 12.5 Å². The van der Waals surface area contributed by atoms with E-state index >= 15 is 0 Å². The molecule has 0 fully saturated rings. The van der Waals surface area contributed by atoms with Crippen LogP contribution in [0.3, 0.4) is 0 Å². The Labute approximate surface area is 97.3 Å². The van der Waals surface area contributed by atoms with Gasteiger partial charge in [-0.1, -0.05) is 26.7 Å². The summed E-state index contributed by atoms with van der Waals surface area (Å²) >= 11 is 0. The molecule has 0 aromatic heterocycles. The van der Waals surface area contributed by atoms with Crippen LogP contribution in [0.4, 0.5) is 0 Å². The lowest BCUT2D eigenvalue weighted by Crippen LogP contribution is -2.20. The molecule has 16 heavy (non-hydrogen) atoms. The van der Waals surface area contributed by atoms with Crippen molar-refractivity contribution in [1.29, 1.82) is 0 Å². The Morgan fingerprint density at radius 2 is 1.81 bits per heavy atom. The predicted molar refractivity (Wildman–Crippen MR) is 60.9 cm³/mol. The largest absolute Gasteiger partial charge is 0.466 e. The minimum absolute atomic E-state index is 0.0677. The van der Waals surface area contributed by atoms with Crippen molar-refractivity contribution in [3.8, 4) is 0 Å². The van der Waals surface area contributed by atoms with E-state index in [1.54, 1.807) is 6.92 Å². The molecule has 0 rings (SSSR count). The number of hydrogen-bond acceptors (Lipinski definition) is 4. The second-order valence-corrected chi connectivity index (χ2v) is 3.64. The second kappa shape index (κ2) is 9.19. The van der Waals surface area contributed by atoms with Gasteiger partial charge in [0, 0.05) is 0 Å². The molecule has 0 aliphatic heterocycles. The van der Waals surface area contributed by atoms with Gasteiger partial charge in [-0.2, -0.15) is 0 Å². The summed E-state index contributed by atoms with van der Waals surface area (Å²) in [6.45, 7) is 6.06. The third-order valence-corrected chi connectivity index (χ3v) is 2.23. The molecule has 0 aliphatic carbocycles. The summed E-state index contributed by atoms with van der Waals surface area (Å²) in [5, 5.41) is 0. The van der Waals surface area contributed by atoms with E-state index in [1.165, 1.54) is 0 Å². The van der Waals surface area contributed by atoms with Crippen molar-refractivity contribution in [2.45, 2.75) is 59.0 Å². The van der Waals surface area contributed by atoms with Crippen molar-refractivity contribution < 1.29 is 19.1 Å². The summed E-state index contributed by atoms with van der Waals surface area (Å²) in [5.74, 6) is -1.00. The third kappa shape index (κ3) is 7.26. The van der Waals surface area contributed by atoms with Crippen LogP contribution in [0.2, 0.25) is 0 Å². The van der Waals surface area contributed by atoms with Crippen LogP contribution >= 0.6 is 0 Å². The standard InChI is InChI=1S/C12H22O4/c1-4-7-8-10(5-2)16-12(14)9-11(13)15-6-3/h10H,4-9H2,1-3H3. The monoisotopic (exact) mass is 230 g/mol. The van der Waals surface area contributed by atoms with Gasteiger partial charge in [0.05, 0.1) is 6.61 Å². The van der Waals surface area contributed by atoms with Gasteiger partial charge < -0.3 is 9.47 Å². The van der Waals surface area contributed by atoms with Gasteiger partial charge in [0.1, 0.15) is 12.5 Å². The summed E-state index contributed by atoms with van der Waals surface area (Å²) in [6.07, 6.45) is 3.41. The van der Waals surface area contributed by atoms with Crippen molar-refractivity contribution in [3.63, 3.8) is 0 Å². The number of esters is 2. The van der Waals surface area contributed by atoms with Crippen LogP contribution in [0.1, 0.15) is 52.9 Å². The Morgan fingerprint density at radius 1 is 1.12 bits per heavy atom. The van der Waals surface area contributed by atoms with Gasteiger partial charge in [0.2, 0.25) is 0 Å². The quantitative estimate of drug-likeness (QED) is 0.475. The van der Waals surface area contributed by atoms with Crippen molar-refractivity contribution >= 4 is 11.9 Å². The Balaban J connectivity index is 3.86. The first-order valence-corrected chi connectivity index (χ1v) is 5.99. The molecule has 0 heterocycles. The van der Waals surface area contributed by atoms with E-state index in [2.05, 4.69) is 11.7 Å². The summed E-state index contributed by atoms with van der Waals surface area (Å²) < 4.78 is 9.85. The summed E-state index contributed by atoms with van der Waals surface area (Å²) in [5.41, 5.74) is 0.